The molecule has 104 valence electrons. The minimum absolute atomic E-state index is 0.118. The van der Waals surface area contributed by atoms with Crippen molar-refractivity contribution in [2.45, 2.75) is 25.9 Å². The second-order valence-electron chi connectivity index (χ2n) is 5.44. The molecule has 0 saturated heterocycles. The number of benzene rings is 1. The van der Waals surface area contributed by atoms with Gasteiger partial charge in [-0.25, -0.2) is 0 Å². The second-order valence-corrected chi connectivity index (χ2v) is 5.44. The lowest BCUT2D eigenvalue weighted by Gasteiger charge is -2.16. The Labute approximate surface area is 115 Å². The first-order valence-electron chi connectivity index (χ1n) is 6.90. The molecular formula is C15H23N3O. The zero-order valence-electron chi connectivity index (χ0n) is 11.6. The number of hydrogen-bond donors (Lipinski definition) is 2. The summed E-state index contributed by atoms with van der Waals surface area (Å²) in [5, 5.41) is 2.98. The lowest BCUT2D eigenvalue weighted by Crippen LogP contribution is -2.35. The highest BCUT2D eigenvalue weighted by molar-refractivity contribution is 5.78. The third-order valence-electron chi connectivity index (χ3n) is 3.41. The Bertz CT molecular complexity index is 412. The molecule has 1 fully saturated rings. The van der Waals surface area contributed by atoms with Crippen molar-refractivity contribution >= 4 is 5.91 Å². The van der Waals surface area contributed by atoms with Gasteiger partial charge in [-0.3, -0.25) is 9.69 Å². The van der Waals surface area contributed by atoms with Crippen LogP contribution < -0.4 is 11.1 Å². The van der Waals surface area contributed by atoms with Crippen molar-refractivity contribution in [1.29, 1.82) is 0 Å². The monoisotopic (exact) mass is 261 g/mol. The van der Waals surface area contributed by atoms with E-state index >= 15 is 0 Å². The van der Waals surface area contributed by atoms with Crippen LogP contribution in [0.2, 0.25) is 0 Å². The molecule has 1 amide bonds. The molecule has 0 radical (unpaired) electrons. The van der Waals surface area contributed by atoms with Gasteiger partial charge in [0.1, 0.15) is 0 Å². The third kappa shape index (κ3) is 5.01. The van der Waals surface area contributed by atoms with Crippen LogP contribution >= 0.6 is 0 Å². The first-order valence-corrected chi connectivity index (χ1v) is 6.90. The Hall–Kier alpha value is -1.39. The van der Waals surface area contributed by atoms with Gasteiger partial charge < -0.3 is 11.1 Å². The van der Waals surface area contributed by atoms with Gasteiger partial charge in [0.25, 0.3) is 0 Å². The van der Waals surface area contributed by atoms with Gasteiger partial charge >= 0.3 is 0 Å². The van der Waals surface area contributed by atoms with E-state index in [2.05, 4.69) is 17.4 Å². The minimum Gasteiger partial charge on any atom is -0.355 e. The third-order valence-corrected chi connectivity index (χ3v) is 3.41. The summed E-state index contributed by atoms with van der Waals surface area (Å²) in [6, 6.07) is 8.22. The fraction of sp³-hybridized carbons (Fsp3) is 0.533. The van der Waals surface area contributed by atoms with Crippen LogP contribution in [0.25, 0.3) is 0 Å². The Morgan fingerprint density at radius 1 is 1.32 bits per heavy atom. The van der Waals surface area contributed by atoms with Gasteiger partial charge in [-0.1, -0.05) is 24.3 Å². The average molecular weight is 261 g/mol. The predicted molar refractivity (Wildman–Crippen MR) is 76.4 cm³/mol. The first kappa shape index (κ1) is 14.0. The molecule has 0 bridgehead atoms. The Morgan fingerprint density at radius 3 is 2.53 bits per heavy atom. The van der Waals surface area contributed by atoms with Gasteiger partial charge in [-0.2, -0.15) is 0 Å². The van der Waals surface area contributed by atoms with Crippen LogP contribution in [-0.2, 0) is 17.9 Å². The topological polar surface area (TPSA) is 58.4 Å². The molecule has 1 aliphatic carbocycles. The van der Waals surface area contributed by atoms with Crippen molar-refractivity contribution < 1.29 is 4.79 Å². The maximum Gasteiger partial charge on any atom is 0.234 e. The molecule has 0 heterocycles. The van der Waals surface area contributed by atoms with E-state index in [0.717, 1.165) is 24.6 Å². The van der Waals surface area contributed by atoms with Gasteiger partial charge in [0.2, 0.25) is 5.91 Å². The number of rotatable bonds is 7. The van der Waals surface area contributed by atoms with Crippen LogP contribution in [0.1, 0.15) is 24.0 Å². The SMILES string of the molecule is CN(CC(=O)NCC1CC1)Cc1ccc(CN)cc1. The predicted octanol–water partition coefficient (Wildman–Crippen LogP) is 1.10. The lowest BCUT2D eigenvalue weighted by molar-refractivity contribution is -0.122. The van der Waals surface area contributed by atoms with E-state index < -0.39 is 0 Å². The number of hydrogen-bond acceptors (Lipinski definition) is 3. The summed E-state index contributed by atoms with van der Waals surface area (Å²) < 4.78 is 0. The number of nitrogens with one attached hydrogen (secondary N) is 1. The van der Waals surface area contributed by atoms with E-state index in [4.69, 9.17) is 5.73 Å². The summed E-state index contributed by atoms with van der Waals surface area (Å²) in [6.07, 6.45) is 2.53. The van der Waals surface area contributed by atoms with Gasteiger partial charge in [-0.05, 0) is 36.9 Å². The molecule has 3 N–H and O–H groups in total. The highest BCUT2D eigenvalue weighted by Gasteiger charge is 2.21. The largest absolute Gasteiger partial charge is 0.355 e. The van der Waals surface area contributed by atoms with Crippen LogP contribution in [0, 0.1) is 5.92 Å². The van der Waals surface area contributed by atoms with Crippen molar-refractivity contribution in [2.75, 3.05) is 20.1 Å². The Balaban J connectivity index is 1.72. The molecule has 4 heteroatoms. The number of carbonyl (C=O) groups excluding carboxylic acids is 1. The maximum absolute atomic E-state index is 11.7. The zero-order chi connectivity index (χ0) is 13.7. The molecule has 19 heavy (non-hydrogen) atoms. The van der Waals surface area contributed by atoms with Crippen molar-refractivity contribution in [3.05, 3.63) is 35.4 Å². The van der Waals surface area contributed by atoms with Crippen molar-refractivity contribution in [1.82, 2.24) is 10.2 Å². The van der Waals surface area contributed by atoms with Crippen molar-refractivity contribution in [3.63, 3.8) is 0 Å². The fourth-order valence-electron chi connectivity index (χ4n) is 2.03. The van der Waals surface area contributed by atoms with Gasteiger partial charge in [0.15, 0.2) is 0 Å². The Morgan fingerprint density at radius 2 is 1.95 bits per heavy atom. The van der Waals surface area contributed by atoms with Crippen LogP contribution in [0.4, 0.5) is 0 Å². The van der Waals surface area contributed by atoms with Gasteiger partial charge in [0, 0.05) is 19.6 Å². The highest BCUT2D eigenvalue weighted by Crippen LogP contribution is 2.27. The van der Waals surface area contributed by atoms with Gasteiger partial charge in [-0.15, -0.1) is 0 Å². The van der Waals surface area contributed by atoms with E-state index in [9.17, 15) is 4.79 Å². The van der Waals surface area contributed by atoms with Crippen molar-refractivity contribution in [2.24, 2.45) is 11.7 Å². The highest BCUT2D eigenvalue weighted by atomic mass is 16.2. The zero-order valence-corrected chi connectivity index (χ0v) is 11.6. The molecule has 0 unspecified atom stereocenters. The molecular weight excluding hydrogens is 238 g/mol. The van der Waals surface area contributed by atoms with E-state index in [1.54, 1.807) is 0 Å². The Kier molecular flexibility index (Phi) is 4.93. The summed E-state index contributed by atoms with van der Waals surface area (Å²) in [5.41, 5.74) is 7.90. The molecule has 0 aromatic heterocycles. The van der Waals surface area contributed by atoms with E-state index in [1.807, 2.05) is 24.1 Å². The van der Waals surface area contributed by atoms with E-state index in [1.165, 1.54) is 18.4 Å². The quantitative estimate of drug-likeness (QED) is 0.773. The summed E-state index contributed by atoms with van der Waals surface area (Å²) >= 11 is 0. The molecule has 1 aromatic rings. The lowest BCUT2D eigenvalue weighted by atomic mass is 10.1. The number of likely N-dealkylation sites (N-methyl/N-ethyl adjacent to an activating group) is 1. The number of nitrogens with two attached hydrogens (primary N) is 1. The van der Waals surface area contributed by atoms with Crippen LogP contribution in [-0.4, -0.2) is 30.9 Å². The average Bonchev–Trinajstić information content (AvgIpc) is 3.21. The van der Waals surface area contributed by atoms with Crippen molar-refractivity contribution in [3.8, 4) is 0 Å². The fourth-order valence-corrected chi connectivity index (χ4v) is 2.03. The van der Waals surface area contributed by atoms with E-state index in [0.29, 0.717) is 13.1 Å². The smallest absolute Gasteiger partial charge is 0.234 e. The second kappa shape index (κ2) is 6.68. The number of carbonyl (C=O) groups is 1. The van der Waals surface area contributed by atoms with Crippen LogP contribution in [0.15, 0.2) is 24.3 Å². The number of amides is 1. The summed E-state index contributed by atoms with van der Waals surface area (Å²) in [6.45, 7) is 2.64. The summed E-state index contributed by atoms with van der Waals surface area (Å²) in [7, 11) is 1.97. The molecule has 4 nitrogen and oxygen atoms in total. The number of nitrogens with zero attached hydrogens (tertiary/aromatic N) is 1. The molecule has 1 aliphatic rings. The van der Waals surface area contributed by atoms with Gasteiger partial charge in [0.05, 0.1) is 6.54 Å². The maximum atomic E-state index is 11.7. The minimum atomic E-state index is 0.118. The molecule has 0 aliphatic heterocycles. The van der Waals surface area contributed by atoms with E-state index in [-0.39, 0.29) is 5.91 Å². The van der Waals surface area contributed by atoms with Crippen LogP contribution in [0.5, 0.6) is 0 Å². The molecule has 1 saturated carbocycles. The van der Waals surface area contributed by atoms with Crippen LogP contribution in [0.3, 0.4) is 0 Å². The summed E-state index contributed by atoms with van der Waals surface area (Å²) in [5.74, 6) is 0.853. The molecule has 0 spiro atoms. The molecule has 0 atom stereocenters. The molecule has 1 aromatic carbocycles. The first-order chi connectivity index (χ1) is 9.17. The summed E-state index contributed by atoms with van der Waals surface area (Å²) in [4.78, 5) is 13.7. The molecule has 2 rings (SSSR count). The standard InChI is InChI=1S/C15H23N3O/c1-18(11-15(19)17-9-13-4-5-13)10-14-6-2-12(8-16)3-7-14/h2-3,6-7,13H,4-5,8-11,16H2,1H3,(H,17,19). The normalized spacial score (nSPS) is 14.7.